The van der Waals surface area contributed by atoms with Crippen LogP contribution in [-0.4, -0.2) is 18.4 Å². The van der Waals surface area contributed by atoms with Crippen LogP contribution < -0.4 is 4.90 Å². The first-order chi connectivity index (χ1) is 7.70. The first kappa shape index (κ1) is 11.2. The number of anilines is 1. The summed E-state index contributed by atoms with van der Waals surface area (Å²) in [5, 5.41) is 0. The summed E-state index contributed by atoms with van der Waals surface area (Å²) in [6.07, 6.45) is 2.45. The summed E-state index contributed by atoms with van der Waals surface area (Å²) in [6, 6.07) is 8.99. The third-order valence-corrected chi connectivity index (χ3v) is 3.34. The number of ketones is 1. The lowest BCUT2D eigenvalue weighted by atomic mass is 10.0. The number of benzene rings is 1. The Morgan fingerprint density at radius 2 is 2.25 bits per heavy atom. The third kappa shape index (κ3) is 2.26. The summed E-state index contributed by atoms with van der Waals surface area (Å²) in [5.41, 5.74) is 2.63. The van der Waals surface area contributed by atoms with Crippen LogP contribution in [0.15, 0.2) is 24.3 Å². The Hall–Kier alpha value is -1.31. The average molecular weight is 217 g/mol. The van der Waals surface area contributed by atoms with Gasteiger partial charge in [0.2, 0.25) is 0 Å². The summed E-state index contributed by atoms with van der Waals surface area (Å²) >= 11 is 0. The van der Waals surface area contributed by atoms with Gasteiger partial charge in [0.1, 0.15) is 5.78 Å². The van der Waals surface area contributed by atoms with E-state index in [2.05, 4.69) is 43.0 Å². The second-order valence-corrected chi connectivity index (χ2v) is 4.56. The van der Waals surface area contributed by atoms with Crippen LogP contribution in [0, 0.1) is 0 Å². The normalized spacial score (nSPS) is 21.2. The molecule has 86 valence electrons. The molecule has 1 aliphatic heterocycles. The Kier molecular flexibility index (Phi) is 3.28. The molecule has 1 atom stereocenters. The highest BCUT2D eigenvalue weighted by molar-refractivity contribution is 5.81. The van der Waals surface area contributed by atoms with E-state index in [1.54, 1.807) is 0 Å². The lowest BCUT2D eigenvalue weighted by molar-refractivity contribution is -0.120. The molecular formula is C14H19NO. The molecule has 1 aromatic rings. The Morgan fingerprint density at radius 1 is 1.44 bits per heavy atom. The highest BCUT2D eigenvalue weighted by Crippen LogP contribution is 2.24. The Labute approximate surface area is 97.3 Å². The standard InChI is InChI=1S/C14H19NO/c1-3-12-5-4-6-13(10-12)15-8-7-14(16)9-11(15)2/h4-6,10-11H,3,7-9H2,1-2H3. The van der Waals surface area contributed by atoms with Gasteiger partial charge in [-0.1, -0.05) is 19.1 Å². The van der Waals surface area contributed by atoms with Crippen molar-refractivity contribution in [1.82, 2.24) is 0 Å². The van der Waals surface area contributed by atoms with Crippen molar-refractivity contribution < 1.29 is 4.79 Å². The van der Waals surface area contributed by atoms with E-state index in [0.717, 1.165) is 13.0 Å². The number of Topliss-reactive ketones (excluding diaryl/α,β-unsaturated/α-hetero) is 1. The molecule has 0 amide bonds. The first-order valence-corrected chi connectivity index (χ1v) is 6.08. The molecule has 2 nitrogen and oxygen atoms in total. The van der Waals surface area contributed by atoms with Crippen LogP contribution in [0.2, 0.25) is 0 Å². The van der Waals surface area contributed by atoms with Gasteiger partial charge in [-0.2, -0.15) is 0 Å². The number of nitrogens with zero attached hydrogens (tertiary/aromatic N) is 1. The number of hydrogen-bond acceptors (Lipinski definition) is 2. The molecule has 0 spiro atoms. The van der Waals surface area contributed by atoms with E-state index >= 15 is 0 Å². The van der Waals surface area contributed by atoms with Crippen LogP contribution in [0.1, 0.15) is 32.3 Å². The van der Waals surface area contributed by atoms with Gasteiger partial charge in [0.15, 0.2) is 0 Å². The van der Waals surface area contributed by atoms with Crippen LogP contribution >= 0.6 is 0 Å². The lowest BCUT2D eigenvalue weighted by Crippen LogP contribution is -2.41. The Morgan fingerprint density at radius 3 is 2.94 bits per heavy atom. The average Bonchev–Trinajstić information content (AvgIpc) is 2.29. The van der Waals surface area contributed by atoms with Crippen molar-refractivity contribution in [3.05, 3.63) is 29.8 Å². The van der Waals surface area contributed by atoms with E-state index in [-0.39, 0.29) is 0 Å². The fourth-order valence-electron chi connectivity index (χ4n) is 2.35. The molecule has 1 aromatic carbocycles. The van der Waals surface area contributed by atoms with Crippen LogP contribution in [-0.2, 0) is 11.2 Å². The number of rotatable bonds is 2. The summed E-state index contributed by atoms with van der Waals surface area (Å²) in [4.78, 5) is 13.7. The van der Waals surface area contributed by atoms with Crippen molar-refractivity contribution in [2.24, 2.45) is 0 Å². The number of aryl methyl sites for hydroxylation is 1. The van der Waals surface area contributed by atoms with E-state index in [0.29, 0.717) is 24.7 Å². The second-order valence-electron chi connectivity index (χ2n) is 4.56. The maximum absolute atomic E-state index is 11.3. The van der Waals surface area contributed by atoms with Crippen LogP contribution in [0.25, 0.3) is 0 Å². The van der Waals surface area contributed by atoms with Gasteiger partial charge in [-0.05, 0) is 31.0 Å². The van der Waals surface area contributed by atoms with Crippen molar-refractivity contribution in [2.75, 3.05) is 11.4 Å². The largest absolute Gasteiger partial charge is 0.368 e. The van der Waals surface area contributed by atoms with Gasteiger partial charge < -0.3 is 4.90 Å². The smallest absolute Gasteiger partial charge is 0.136 e. The van der Waals surface area contributed by atoms with E-state index in [9.17, 15) is 4.79 Å². The first-order valence-electron chi connectivity index (χ1n) is 6.08. The predicted molar refractivity (Wildman–Crippen MR) is 66.9 cm³/mol. The quantitative estimate of drug-likeness (QED) is 0.759. The fourth-order valence-corrected chi connectivity index (χ4v) is 2.35. The van der Waals surface area contributed by atoms with Crippen molar-refractivity contribution >= 4 is 11.5 Å². The maximum Gasteiger partial charge on any atom is 0.136 e. The highest BCUT2D eigenvalue weighted by atomic mass is 16.1. The number of carbonyl (C=O) groups is 1. The van der Waals surface area contributed by atoms with Crippen molar-refractivity contribution in [1.29, 1.82) is 0 Å². The topological polar surface area (TPSA) is 20.3 Å². The Bertz CT molecular complexity index is 386. The minimum absolute atomic E-state index is 0.341. The van der Waals surface area contributed by atoms with Crippen molar-refractivity contribution in [3.63, 3.8) is 0 Å². The minimum Gasteiger partial charge on any atom is -0.368 e. The van der Waals surface area contributed by atoms with Gasteiger partial charge in [-0.3, -0.25) is 4.79 Å². The summed E-state index contributed by atoms with van der Waals surface area (Å²) in [5.74, 6) is 0.399. The van der Waals surface area contributed by atoms with Gasteiger partial charge in [0.25, 0.3) is 0 Å². The molecular weight excluding hydrogens is 198 g/mol. The SMILES string of the molecule is CCc1cccc(N2CCC(=O)CC2C)c1. The molecule has 1 fully saturated rings. The van der Waals surface area contributed by atoms with Gasteiger partial charge >= 0.3 is 0 Å². The van der Waals surface area contributed by atoms with E-state index < -0.39 is 0 Å². The number of piperidine rings is 1. The molecule has 0 aromatic heterocycles. The lowest BCUT2D eigenvalue weighted by Gasteiger charge is -2.34. The van der Waals surface area contributed by atoms with Crippen molar-refractivity contribution in [2.45, 2.75) is 39.2 Å². The summed E-state index contributed by atoms with van der Waals surface area (Å²) in [6.45, 7) is 5.17. The van der Waals surface area contributed by atoms with Gasteiger partial charge in [0, 0.05) is 31.1 Å². The number of carbonyl (C=O) groups excluding carboxylic acids is 1. The van der Waals surface area contributed by atoms with E-state index in [1.807, 2.05) is 0 Å². The second kappa shape index (κ2) is 4.69. The maximum atomic E-state index is 11.3. The predicted octanol–water partition coefficient (Wildman–Crippen LogP) is 2.81. The number of hydrogen-bond donors (Lipinski definition) is 0. The van der Waals surface area contributed by atoms with Gasteiger partial charge in [0.05, 0.1) is 0 Å². The van der Waals surface area contributed by atoms with Crippen LogP contribution in [0.3, 0.4) is 0 Å². The van der Waals surface area contributed by atoms with Gasteiger partial charge in [-0.15, -0.1) is 0 Å². The Balaban J connectivity index is 2.19. The van der Waals surface area contributed by atoms with Crippen LogP contribution in [0.5, 0.6) is 0 Å². The molecule has 1 unspecified atom stereocenters. The molecule has 0 radical (unpaired) electrons. The molecule has 1 heterocycles. The summed E-state index contributed by atoms with van der Waals surface area (Å²) in [7, 11) is 0. The minimum atomic E-state index is 0.341. The molecule has 0 N–H and O–H groups in total. The molecule has 0 aliphatic carbocycles. The van der Waals surface area contributed by atoms with E-state index in [4.69, 9.17) is 0 Å². The fraction of sp³-hybridized carbons (Fsp3) is 0.500. The third-order valence-electron chi connectivity index (χ3n) is 3.34. The molecule has 1 saturated heterocycles. The van der Waals surface area contributed by atoms with Crippen LogP contribution in [0.4, 0.5) is 5.69 Å². The molecule has 0 bridgehead atoms. The zero-order valence-corrected chi connectivity index (χ0v) is 10.1. The molecule has 2 heteroatoms. The molecule has 2 rings (SSSR count). The zero-order valence-electron chi connectivity index (χ0n) is 10.1. The van der Waals surface area contributed by atoms with Crippen molar-refractivity contribution in [3.8, 4) is 0 Å². The molecule has 1 aliphatic rings. The molecule has 0 saturated carbocycles. The van der Waals surface area contributed by atoms with Gasteiger partial charge in [-0.25, -0.2) is 0 Å². The summed E-state index contributed by atoms with van der Waals surface area (Å²) < 4.78 is 0. The zero-order chi connectivity index (χ0) is 11.5. The monoisotopic (exact) mass is 217 g/mol. The highest BCUT2D eigenvalue weighted by Gasteiger charge is 2.23. The van der Waals surface area contributed by atoms with E-state index in [1.165, 1.54) is 11.3 Å². The molecule has 16 heavy (non-hydrogen) atoms.